The van der Waals surface area contributed by atoms with Gasteiger partial charge in [-0.25, -0.2) is 12.8 Å². The Morgan fingerprint density at radius 2 is 1.58 bits per heavy atom. The molecule has 36 heavy (non-hydrogen) atoms. The van der Waals surface area contributed by atoms with Crippen LogP contribution in [-0.2, 0) is 31.5 Å². The van der Waals surface area contributed by atoms with Crippen molar-refractivity contribution in [1.82, 2.24) is 4.90 Å². The lowest BCUT2D eigenvalue weighted by atomic mass is 9.77. The maximum atomic E-state index is 14.8. The molecule has 2 aliphatic rings. The van der Waals surface area contributed by atoms with Gasteiger partial charge in [0.2, 0.25) is 5.91 Å². The smallest absolute Gasteiger partial charge is 0.338 e. The lowest BCUT2D eigenvalue weighted by Crippen LogP contribution is -2.52. The Hall–Kier alpha value is -1.90. The summed E-state index contributed by atoms with van der Waals surface area (Å²) in [7, 11) is -4.30. The Kier molecular flexibility index (Phi) is 6.46. The van der Waals surface area contributed by atoms with Gasteiger partial charge in [0.1, 0.15) is 4.75 Å². The zero-order chi connectivity index (χ0) is 26.9. The first kappa shape index (κ1) is 27.1. The highest BCUT2D eigenvalue weighted by molar-refractivity contribution is 14.1. The number of rotatable bonds is 3. The lowest BCUT2D eigenvalue weighted by molar-refractivity contribution is -0.348. The van der Waals surface area contributed by atoms with E-state index >= 15 is 0 Å². The van der Waals surface area contributed by atoms with E-state index < -0.39 is 50.1 Å². The number of alkyl halides is 7. The van der Waals surface area contributed by atoms with Crippen molar-refractivity contribution < 1.29 is 43.9 Å². The molecule has 2 aromatic rings. The van der Waals surface area contributed by atoms with Gasteiger partial charge < -0.3 is 4.90 Å². The number of sulfone groups is 1. The average Bonchev–Trinajstić information content (AvgIpc) is 3.19. The standard InChI is InChI=1S/C23H19F7INO3S/c1-13(33)32-11-10-20(36(34,35)17-6-4-16(31)5-7-17)18-8-3-15(12-14(18)2-9-19(20)32)21(24,22(25,26)27)23(28,29)30/h3-8,12,19H,2,9-11H2,1H3/t19-,20-/m1/s1. The molecule has 2 atom stereocenters. The largest absolute Gasteiger partial charge is 0.435 e. The third-order valence-electron chi connectivity index (χ3n) is 7.07. The molecule has 4 nitrogen and oxygen atoms in total. The van der Waals surface area contributed by atoms with E-state index in [1.54, 1.807) is 12.1 Å². The van der Waals surface area contributed by atoms with Crippen molar-refractivity contribution in [3.05, 3.63) is 62.7 Å². The van der Waals surface area contributed by atoms with Crippen molar-refractivity contribution >= 4 is 38.3 Å². The van der Waals surface area contributed by atoms with Gasteiger partial charge in [-0.1, -0.05) is 18.2 Å². The Balaban J connectivity index is 1.97. The first-order valence-electron chi connectivity index (χ1n) is 10.7. The molecule has 1 saturated heterocycles. The normalized spacial score (nSPS) is 22.8. The second-order valence-electron chi connectivity index (χ2n) is 8.89. The van der Waals surface area contributed by atoms with E-state index in [1.165, 1.54) is 24.0 Å². The molecule has 1 heterocycles. The fourth-order valence-electron chi connectivity index (χ4n) is 5.43. The molecule has 0 aromatic heterocycles. The van der Waals surface area contributed by atoms with E-state index in [0.717, 1.165) is 9.64 Å². The Morgan fingerprint density at radius 3 is 2.11 bits per heavy atom. The molecule has 0 saturated carbocycles. The molecule has 1 amide bonds. The molecule has 1 aliphatic heterocycles. The number of fused-ring (bicyclic) bond motifs is 3. The van der Waals surface area contributed by atoms with Crippen LogP contribution in [0.5, 0.6) is 0 Å². The van der Waals surface area contributed by atoms with Crippen molar-refractivity contribution in [2.75, 3.05) is 6.54 Å². The molecule has 196 valence electrons. The molecular formula is C23H19F7INO3S. The highest BCUT2D eigenvalue weighted by Gasteiger charge is 2.73. The SMILES string of the molecule is CC(=O)N1CC[C@@]2(S(=O)(=O)c3ccc(I)cc3)c3ccc(C(F)(C(F)(F)F)C(F)(F)F)cc3CC[C@@H]12. The van der Waals surface area contributed by atoms with Crippen LogP contribution < -0.4 is 0 Å². The number of aryl methyl sites for hydroxylation is 1. The van der Waals surface area contributed by atoms with Crippen LogP contribution in [0.2, 0.25) is 0 Å². The number of likely N-dealkylation sites (tertiary alicyclic amines) is 1. The zero-order valence-corrected chi connectivity index (χ0v) is 21.5. The predicted molar refractivity (Wildman–Crippen MR) is 123 cm³/mol. The molecule has 4 rings (SSSR count). The van der Waals surface area contributed by atoms with Gasteiger partial charge in [0.25, 0.3) is 0 Å². The Bertz CT molecular complexity index is 1290. The van der Waals surface area contributed by atoms with E-state index in [2.05, 4.69) is 0 Å². The van der Waals surface area contributed by atoms with E-state index in [4.69, 9.17) is 0 Å². The first-order chi connectivity index (χ1) is 16.5. The summed E-state index contributed by atoms with van der Waals surface area (Å²) >= 11 is 1.98. The monoisotopic (exact) mass is 649 g/mol. The van der Waals surface area contributed by atoms with Crippen LogP contribution in [0.25, 0.3) is 0 Å². The maximum absolute atomic E-state index is 14.8. The Labute approximate surface area is 215 Å². The summed E-state index contributed by atoms with van der Waals surface area (Å²) in [6.07, 6.45) is -12.9. The van der Waals surface area contributed by atoms with E-state index in [0.29, 0.717) is 12.1 Å². The van der Waals surface area contributed by atoms with Gasteiger partial charge in [-0.3, -0.25) is 4.79 Å². The molecule has 0 spiro atoms. The zero-order valence-electron chi connectivity index (χ0n) is 18.6. The van der Waals surface area contributed by atoms with Crippen LogP contribution >= 0.6 is 22.6 Å². The molecule has 0 radical (unpaired) electrons. The highest BCUT2D eigenvalue weighted by Crippen LogP contribution is 2.56. The van der Waals surface area contributed by atoms with Crippen LogP contribution in [0.4, 0.5) is 30.7 Å². The summed E-state index contributed by atoms with van der Waals surface area (Å²) in [5.74, 6) is -0.406. The van der Waals surface area contributed by atoms with Gasteiger partial charge in [0, 0.05) is 22.6 Å². The van der Waals surface area contributed by atoms with Gasteiger partial charge in [-0.05, 0) is 77.2 Å². The minimum atomic E-state index is -6.29. The highest BCUT2D eigenvalue weighted by atomic mass is 127. The van der Waals surface area contributed by atoms with Crippen molar-refractivity contribution in [2.24, 2.45) is 0 Å². The molecule has 0 bridgehead atoms. The van der Waals surface area contributed by atoms with Crippen molar-refractivity contribution in [1.29, 1.82) is 0 Å². The number of halogens is 8. The second kappa shape index (κ2) is 8.57. The summed E-state index contributed by atoms with van der Waals surface area (Å²) in [6.45, 7) is 1.29. The predicted octanol–water partition coefficient (Wildman–Crippen LogP) is 5.82. The van der Waals surface area contributed by atoms with Crippen LogP contribution in [0.3, 0.4) is 0 Å². The summed E-state index contributed by atoms with van der Waals surface area (Å²) in [5, 5.41) is 0. The average molecular weight is 649 g/mol. The van der Waals surface area contributed by atoms with Crippen molar-refractivity contribution in [2.45, 2.75) is 59.9 Å². The number of benzene rings is 2. The molecule has 0 unspecified atom stereocenters. The van der Waals surface area contributed by atoms with E-state index in [9.17, 15) is 43.9 Å². The van der Waals surface area contributed by atoms with Gasteiger partial charge in [0.15, 0.2) is 9.84 Å². The van der Waals surface area contributed by atoms with Crippen molar-refractivity contribution in [3.63, 3.8) is 0 Å². The van der Waals surface area contributed by atoms with Crippen LogP contribution in [0, 0.1) is 3.57 Å². The van der Waals surface area contributed by atoms with Gasteiger partial charge in [0.05, 0.1) is 10.9 Å². The Morgan fingerprint density at radius 1 is 1.00 bits per heavy atom. The number of amides is 1. The fourth-order valence-corrected chi connectivity index (χ4v) is 8.16. The molecule has 2 aromatic carbocycles. The third-order valence-corrected chi connectivity index (χ3v) is 10.3. The van der Waals surface area contributed by atoms with Crippen molar-refractivity contribution in [3.8, 4) is 0 Å². The summed E-state index contributed by atoms with van der Waals surface area (Å²) < 4.78 is 122. The number of hydrogen-bond donors (Lipinski definition) is 0. The minimum Gasteiger partial charge on any atom is -0.338 e. The number of carbonyl (C=O) groups excluding carboxylic acids is 1. The van der Waals surface area contributed by atoms with Gasteiger partial charge >= 0.3 is 18.0 Å². The molecule has 0 N–H and O–H groups in total. The molecular weight excluding hydrogens is 630 g/mol. The fraction of sp³-hybridized carbons (Fsp3) is 0.435. The topological polar surface area (TPSA) is 54.5 Å². The number of carbonyl (C=O) groups is 1. The molecule has 1 aliphatic carbocycles. The first-order valence-corrected chi connectivity index (χ1v) is 13.3. The third kappa shape index (κ3) is 3.74. The second-order valence-corrected chi connectivity index (χ2v) is 12.3. The number of nitrogens with zero attached hydrogens (tertiary/aromatic N) is 1. The van der Waals surface area contributed by atoms with Crippen LogP contribution in [0.1, 0.15) is 36.5 Å². The number of hydrogen-bond acceptors (Lipinski definition) is 3. The molecule has 13 heteroatoms. The minimum absolute atomic E-state index is 0.0171. The van der Waals surface area contributed by atoms with Gasteiger partial charge in [-0.15, -0.1) is 0 Å². The summed E-state index contributed by atoms with van der Waals surface area (Å²) in [5.41, 5.74) is -7.44. The maximum Gasteiger partial charge on any atom is 0.435 e. The van der Waals surface area contributed by atoms with Crippen LogP contribution in [0.15, 0.2) is 47.4 Å². The van der Waals surface area contributed by atoms with Crippen LogP contribution in [-0.4, -0.2) is 44.2 Å². The summed E-state index contributed by atoms with van der Waals surface area (Å²) in [6, 6.07) is 6.60. The lowest BCUT2D eigenvalue weighted by Gasteiger charge is -2.43. The van der Waals surface area contributed by atoms with Gasteiger partial charge in [-0.2, -0.15) is 26.3 Å². The molecule has 1 fully saturated rings. The van der Waals surface area contributed by atoms with E-state index in [-0.39, 0.29) is 41.8 Å². The quantitative estimate of drug-likeness (QED) is 0.312. The summed E-state index contributed by atoms with van der Waals surface area (Å²) in [4.78, 5) is 13.6. The van der Waals surface area contributed by atoms with E-state index in [1.807, 2.05) is 22.6 Å².